The van der Waals surface area contributed by atoms with Crippen molar-refractivity contribution in [1.82, 2.24) is 9.80 Å². The molecule has 0 saturated carbocycles. The molecule has 0 N–H and O–H groups in total. The first-order chi connectivity index (χ1) is 10.5. The second kappa shape index (κ2) is 7.09. The maximum Gasteiger partial charge on any atom is 0.124 e. The van der Waals surface area contributed by atoms with E-state index >= 15 is 0 Å². The summed E-state index contributed by atoms with van der Waals surface area (Å²) in [6.07, 6.45) is 0. The first-order valence-electron chi connectivity index (χ1n) is 8.65. The molecule has 126 valence electrons. The molecule has 0 aliphatic carbocycles. The number of hydrogen-bond acceptors (Lipinski definition) is 4. The minimum absolute atomic E-state index is 0.471. The van der Waals surface area contributed by atoms with Crippen molar-refractivity contribution in [2.45, 2.75) is 47.6 Å². The van der Waals surface area contributed by atoms with Gasteiger partial charge in [-0.1, -0.05) is 27.7 Å². The quantitative estimate of drug-likeness (QED) is 0.457. The Morgan fingerprint density at radius 1 is 1.05 bits per heavy atom. The Balaban J connectivity index is 0.000000847. The van der Waals surface area contributed by atoms with Gasteiger partial charge in [0, 0.05) is 37.3 Å². The Morgan fingerprint density at radius 3 is 2.09 bits per heavy atom. The molecule has 0 aromatic rings. The highest BCUT2D eigenvalue weighted by Crippen LogP contribution is 2.41. The molecule has 5 nitrogen and oxygen atoms in total. The van der Waals surface area contributed by atoms with Crippen molar-refractivity contribution in [3.63, 3.8) is 0 Å². The highest BCUT2D eigenvalue weighted by Gasteiger charge is 2.54. The van der Waals surface area contributed by atoms with Crippen molar-refractivity contribution >= 4 is 11.5 Å². The minimum atomic E-state index is 0.471. The van der Waals surface area contributed by atoms with Crippen LogP contribution in [0.5, 0.6) is 0 Å². The SMILES string of the molecule is C/C(=N\N=C(/C)N1CC2(C1)CN(C1COC1)C2)C(C)C.CC. The van der Waals surface area contributed by atoms with Crippen molar-refractivity contribution in [3.8, 4) is 0 Å². The van der Waals surface area contributed by atoms with Crippen LogP contribution >= 0.6 is 0 Å². The summed E-state index contributed by atoms with van der Waals surface area (Å²) in [4.78, 5) is 4.92. The molecule has 0 unspecified atom stereocenters. The fourth-order valence-electron chi connectivity index (χ4n) is 3.03. The van der Waals surface area contributed by atoms with Crippen LogP contribution in [0.3, 0.4) is 0 Å². The first-order valence-corrected chi connectivity index (χ1v) is 8.65. The maximum absolute atomic E-state index is 5.26. The van der Waals surface area contributed by atoms with E-state index in [1.807, 2.05) is 20.8 Å². The van der Waals surface area contributed by atoms with Crippen LogP contribution in [0.25, 0.3) is 0 Å². The van der Waals surface area contributed by atoms with Crippen molar-refractivity contribution in [1.29, 1.82) is 0 Å². The third-order valence-corrected chi connectivity index (χ3v) is 4.91. The number of nitrogens with zero attached hydrogens (tertiary/aromatic N) is 4. The van der Waals surface area contributed by atoms with E-state index in [0.29, 0.717) is 17.4 Å². The molecule has 3 rings (SSSR count). The summed E-state index contributed by atoms with van der Waals surface area (Å²) in [5.41, 5.74) is 1.63. The van der Waals surface area contributed by atoms with E-state index in [1.165, 1.54) is 13.1 Å². The van der Waals surface area contributed by atoms with E-state index < -0.39 is 0 Å². The van der Waals surface area contributed by atoms with E-state index in [4.69, 9.17) is 4.74 Å². The Hall–Kier alpha value is -0.940. The third-order valence-electron chi connectivity index (χ3n) is 4.91. The van der Waals surface area contributed by atoms with Gasteiger partial charge in [0.15, 0.2) is 0 Å². The van der Waals surface area contributed by atoms with Crippen LogP contribution in [0.4, 0.5) is 0 Å². The van der Waals surface area contributed by atoms with Gasteiger partial charge in [0.2, 0.25) is 0 Å². The molecule has 5 heteroatoms. The van der Waals surface area contributed by atoms with Gasteiger partial charge in [-0.15, -0.1) is 5.10 Å². The monoisotopic (exact) mass is 308 g/mol. The fourth-order valence-corrected chi connectivity index (χ4v) is 3.03. The molecule has 0 aromatic carbocycles. The number of ether oxygens (including phenoxy) is 1. The number of likely N-dealkylation sites (tertiary alicyclic amines) is 2. The summed E-state index contributed by atoms with van der Waals surface area (Å²) in [5, 5.41) is 8.69. The lowest BCUT2D eigenvalue weighted by Crippen LogP contribution is -2.75. The highest BCUT2D eigenvalue weighted by atomic mass is 16.5. The molecule has 1 spiro atoms. The highest BCUT2D eigenvalue weighted by molar-refractivity contribution is 5.86. The molecule has 3 fully saturated rings. The lowest BCUT2D eigenvalue weighted by molar-refractivity contribution is -0.162. The summed E-state index contributed by atoms with van der Waals surface area (Å²) in [6.45, 7) is 19.0. The van der Waals surface area contributed by atoms with Crippen LogP contribution in [-0.4, -0.2) is 66.8 Å². The van der Waals surface area contributed by atoms with Gasteiger partial charge in [0.05, 0.1) is 19.3 Å². The molecule has 0 atom stereocenters. The average molecular weight is 308 g/mol. The van der Waals surface area contributed by atoms with E-state index in [2.05, 4.69) is 40.8 Å². The molecular weight excluding hydrogens is 276 g/mol. The van der Waals surface area contributed by atoms with Crippen LogP contribution in [0.15, 0.2) is 10.2 Å². The lowest BCUT2D eigenvalue weighted by Gasteiger charge is -2.63. The van der Waals surface area contributed by atoms with Crippen LogP contribution in [-0.2, 0) is 4.74 Å². The van der Waals surface area contributed by atoms with Gasteiger partial charge < -0.3 is 9.64 Å². The molecule has 3 heterocycles. The van der Waals surface area contributed by atoms with Crippen molar-refractivity contribution < 1.29 is 4.74 Å². The Labute approximate surface area is 135 Å². The average Bonchev–Trinajstić information content (AvgIpc) is 2.36. The Kier molecular flexibility index (Phi) is 5.61. The van der Waals surface area contributed by atoms with Crippen LogP contribution in [0, 0.1) is 11.3 Å². The van der Waals surface area contributed by atoms with Crippen LogP contribution in [0.1, 0.15) is 41.5 Å². The topological polar surface area (TPSA) is 40.4 Å². The zero-order valence-corrected chi connectivity index (χ0v) is 15.1. The predicted molar refractivity (Wildman–Crippen MR) is 92.6 cm³/mol. The predicted octanol–water partition coefficient (Wildman–Crippen LogP) is 2.48. The summed E-state index contributed by atoms with van der Waals surface area (Å²) in [6, 6.07) is 0.697. The van der Waals surface area contributed by atoms with Gasteiger partial charge in [-0.3, -0.25) is 4.90 Å². The molecule has 22 heavy (non-hydrogen) atoms. The van der Waals surface area contributed by atoms with Crippen molar-refractivity contribution in [3.05, 3.63) is 0 Å². The molecule has 0 amide bonds. The number of amidine groups is 1. The van der Waals surface area contributed by atoms with E-state index in [9.17, 15) is 0 Å². The zero-order valence-electron chi connectivity index (χ0n) is 15.1. The van der Waals surface area contributed by atoms with E-state index in [1.54, 1.807) is 0 Å². The second-order valence-electron chi connectivity index (χ2n) is 7.00. The number of hydrogen-bond donors (Lipinski definition) is 0. The van der Waals surface area contributed by atoms with E-state index in [-0.39, 0.29) is 0 Å². The van der Waals surface area contributed by atoms with Gasteiger partial charge in [-0.2, -0.15) is 5.10 Å². The fraction of sp³-hybridized carbons (Fsp3) is 0.882. The molecule has 0 aromatic heterocycles. The maximum atomic E-state index is 5.26. The first kappa shape index (κ1) is 17.4. The molecule has 0 radical (unpaired) electrons. The molecule has 0 bridgehead atoms. The molecule has 3 aliphatic heterocycles. The Bertz CT molecular complexity index is 426. The van der Waals surface area contributed by atoms with Gasteiger partial charge >= 0.3 is 0 Å². The third kappa shape index (κ3) is 3.51. The number of rotatable bonds is 3. The normalized spacial score (nSPS) is 25.3. The molecule has 3 aliphatic rings. The standard InChI is InChI=1S/C15H26N4O.C2H6/c1-11(2)12(3)16-17-13(4)18-7-15(8-18)9-19(10-15)14-5-20-6-14;1-2/h11,14H,5-10H2,1-4H3;1-2H3/b16-12+,17-13+;. The molecular formula is C17H32N4O. The van der Waals surface area contributed by atoms with Gasteiger partial charge in [-0.05, 0) is 19.8 Å². The largest absolute Gasteiger partial charge is 0.378 e. The lowest BCUT2D eigenvalue weighted by atomic mass is 9.72. The van der Waals surface area contributed by atoms with E-state index in [0.717, 1.165) is 37.9 Å². The smallest absolute Gasteiger partial charge is 0.124 e. The van der Waals surface area contributed by atoms with Crippen molar-refractivity contribution in [2.24, 2.45) is 21.5 Å². The summed E-state index contributed by atoms with van der Waals surface area (Å²) >= 11 is 0. The summed E-state index contributed by atoms with van der Waals surface area (Å²) in [7, 11) is 0. The van der Waals surface area contributed by atoms with Gasteiger partial charge in [0.1, 0.15) is 5.84 Å². The zero-order chi connectivity index (χ0) is 16.3. The summed E-state index contributed by atoms with van der Waals surface area (Å²) in [5.74, 6) is 1.53. The minimum Gasteiger partial charge on any atom is -0.378 e. The van der Waals surface area contributed by atoms with Crippen LogP contribution < -0.4 is 0 Å². The second-order valence-corrected chi connectivity index (χ2v) is 7.00. The molecule has 3 saturated heterocycles. The van der Waals surface area contributed by atoms with Crippen LogP contribution in [0.2, 0.25) is 0 Å². The Morgan fingerprint density at radius 2 is 1.64 bits per heavy atom. The van der Waals surface area contributed by atoms with Gasteiger partial charge in [0.25, 0.3) is 0 Å². The van der Waals surface area contributed by atoms with Gasteiger partial charge in [-0.25, -0.2) is 0 Å². The van der Waals surface area contributed by atoms with Crippen molar-refractivity contribution in [2.75, 3.05) is 39.4 Å². The summed E-state index contributed by atoms with van der Waals surface area (Å²) < 4.78 is 5.26.